The molecule has 0 aliphatic heterocycles. The zero-order chi connectivity index (χ0) is 15.1. The van der Waals surface area contributed by atoms with Crippen molar-refractivity contribution in [2.75, 3.05) is 7.11 Å². The van der Waals surface area contributed by atoms with Crippen LogP contribution in [0.2, 0.25) is 0 Å². The molecule has 0 radical (unpaired) electrons. The molecule has 0 saturated carbocycles. The van der Waals surface area contributed by atoms with E-state index >= 15 is 0 Å². The van der Waals surface area contributed by atoms with Gasteiger partial charge in [0.2, 0.25) is 0 Å². The molecule has 0 aliphatic rings. The molecule has 0 unspecified atom stereocenters. The Morgan fingerprint density at radius 1 is 1.05 bits per heavy atom. The van der Waals surface area contributed by atoms with Crippen molar-refractivity contribution >= 4 is 11.5 Å². The van der Waals surface area contributed by atoms with Crippen LogP contribution in [0.1, 0.15) is 18.1 Å². The van der Waals surface area contributed by atoms with E-state index in [1.54, 1.807) is 7.11 Å². The first-order valence-corrected chi connectivity index (χ1v) is 6.72. The topological polar surface area (TPSA) is 35.5 Å². The fourth-order valence-electron chi connectivity index (χ4n) is 1.88. The molecular weight excluding hydrogens is 264 g/mol. The molecule has 0 fully saturated rings. The molecule has 21 heavy (non-hydrogen) atoms. The molecule has 0 atom stereocenters. The highest BCUT2D eigenvalue weighted by Crippen LogP contribution is 2.18. The van der Waals surface area contributed by atoms with E-state index in [1.165, 1.54) is 6.08 Å². The molecule has 0 aliphatic carbocycles. The van der Waals surface area contributed by atoms with Crippen molar-refractivity contribution in [1.82, 2.24) is 0 Å². The molecule has 2 rings (SSSR count). The van der Waals surface area contributed by atoms with Gasteiger partial charge < -0.3 is 9.47 Å². The minimum Gasteiger partial charge on any atom is -0.497 e. The van der Waals surface area contributed by atoms with Crippen LogP contribution >= 0.6 is 0 Å². The zero-order valence-electron chi connectivity index (χ0n) is 12.2. The highest BCUT2D eigenvalue weighted by atomic mass is 16.5. The Bertz CT molecular complexity index is 613. The molecule has 0 saturated heterocycles. The molecular formula is C18H18O3. The standard InChI is InChI=1S/C18H18O3/c1-14(16-8-10-17(20-2)11-9-16)12-18(19)21-13-15-6-4-3-5-7-15/h3-12H,13H2,1-2H3. The summed E-state index contributed by atoms with van der Waals surface area (Å²) in [4.78, 5) is 11.8. The Balaban J connectivity index is 1.95. The van der Waals surface area contributed by atoms with E-state index in [1.807, 2.05) is 61.5 Å². The summed E-state index contributed by atoms with van der Waals surface area (Å²) in [7, 11) is 1.62. The van der Waals surface area contributed by atoms with Gasteiger partial charge in [0.15, 0.2) is 0 Å². The van der Waals surface area contributed by atoms with Crippen molar-refractivity contribution in [2.45, 2.75) is 13.5 Å². The molecule has 0 spiro atoms. The number of hydrogen-bond acceptors (Lipinski definition) is 3. The molecule has 108 valence electrons. The lowest BCUT2D eigenvalue weighted by molar-refractivity contribution is -0.138. The Morgan fingerprint density at radius 2 is 1.71 bits per heavy atom. The Morgan fingerprint density at radius 3 is 2.33 bits per heavy atom. The molecule has 2 aromatic rings. The van der Waals surface area contributed by atoms with Crippen LogP contribution in [-0.4, -0.2) is 13.1 Å². The SMILES string of the molecule is COc1ccc(C(C)=CC(=O)OCc2ccccc2)cc1. The van der Waals surface area contributed by atoms with Gasteiger partial charge in [-0.25, -0.2) is 4.79 Å². The van der Waals surface area contributed by atoms with Gasteiger partial charge in [-0.2, -0.15) is 0 Å². The lowest BCUT2D eigenvalue weighted by Gasteiger charge is -2.05. The third kappa shape index (κ3) is 4.49. The normalized spacial score (nSPS) is 11.0. The molecule has 0 bridgehead atoms. The van der Waals surface area contributed by atoms with E-state index < -0.39 is 0 Å². The van der Waals surface area contributed by atoms with Gasteiger partial charge in [0, 0.05) is 6.08 Å². The zero-order valence-corrected chi connectivity index (χ0v) is 12.2. The van der Waals surface area contributed by atoms with Gasteiger partial charge in [-0.15, -0.1) is 0 Å². The van der Waals surface area contributed by atoms with E-state index in [0.29, 0.717) is 0 Å². The maximum Gasteiger partial charge on any atom is 0.331 e. The second-order valence-corrected chi connectivity index (χ2v) is 4.65. The quantitative estimate of drug-likeness (QED) is 0.617. The van der Waals surface area contributed by atoms with Crippen LogP contribution in [0.5, 0.6) is 5.75 Å². The average molecular weight is 282 g/mol. The van der Waals surface area contributed by atoms with Gasteiger partial charge in [0.1, 0.15) is 12.4 Å². The molecule has 0 N–H and O–H groups in total. The number of rotatable bonds is 5. The van der Waals surface area contributed by atoms with Crippen LogP contribution < -0.4 is 4.74 Å². The molecule has 0 amide bonds. The summed E-state index contributed by atoms with van der Waals surface area (Å²) in [5.74, 6) is 0.449. The molecule has 2 aromatic carbocycles. The van der Waals surface area contributed by atoms with Crippen LogP contribution in [0, 0.1) is 0 Å². The number of esters is 1. The van der Waals surface area contributed by atoms with E-state index in [0.717, 1.165) is 22.4 Å². The fourth-order valence-corrected chi connectivity index (χ4v) is 1.88. The summed E-state index contributed by atoms with van der Waals surface area (Å²) in [6.07, 6.45) is 1.50. The van der Waals surface area contributed by atoms with Crippen molar-refractivity contribution in [2.24, 2.45) is 0 Å². The summed E-state index contributed by atoms with van der Waals surface area (Å²) in [6.45, 7) is 2.16. The van der Waals surface area contributed by atoms with Crippen LogP contribution in [0.15, 0.2) is 60.7 Å². The number of ether oxygens (including phenoxy) is 2. The number of benzene rings is 2. The maximum atomic E-state index is 11.8. The predicted molar refractivity (Wildman–Crippen MR) is 82.9 cm³/mol. The van der Waals surface area contributed by atoms with Crippen molar-refractivity contribution in [1.29, 1.82) is 0 Å². The minimum atomic E-state index is -0.341. The third-order valence-electron chi connectivity index (χ3n) is 3.10. The number of allylic oxidation sites excluding steroid dienone is 1. The molecule has 0 aromatic heterocycles. The largest absolute Gasteiger partial charge is 0.497 e. The smallest absolute Gasteiger partial charge is 0.331 e. The number of methoxy groups -OCH3 is 1. The second-order valence-electron chi connectivity index (χ2n) is 4.65. The second kappa shape index (κ2) is 7.29. The minimum absolute atomic E-state index is 0.284. The molecule has 0 heterocycles. The molecule has 3 heteroatoms. The van der Waals surface area contributed by atoms with Crippen molar-refractivity contribution in [3.8, 4) is 5.75 Å². The van der Waals surface area contributed by atoms with Gasteiger partial charge in [0.25, 0.3) is 0 Å². The van der Waals surface area contributed by atoms with Crippen LogP contribution in [0.3, 0.4) is 0 Å². The highest BCUT2D eigenvalue weighted by Gasteiger charge is 2.03. The summed E-state index contributed by atoms with van der Waals surface area (Å²) in [5, 5.41) is 0. The Labute approximate surface area is 124 Å². The van der Waals surface area contributed by atoms with Crippen LogP contribution in [-0.2, 0) is 16.1 Å². The van der Waals surface area contributed by atoms with E-state index in [4.69, 9.17) is 9.47 Å². The average Bonchev–Trinajstić information content (AvgIpc) is 2.54. The van der Waals surface area contributed by atoms with Gasteiger partial charge in [0.05, 0.1) is 7.11 Å². The summed E-state index contributed by atoms with van der Waals surface area (Å²) >= 11 is 0. The first-order valence-electron chi connectivity index (χ1n) is 6.72. The molecule has 3 nitrogen and oxygen atoms in total. The fraction of sp³-hybridized carbons (Fsp3) is 0.167. The first kappa shape index (κ1) is 14.9. The van der Waals surface area contributed by atoms with Crippen LogP contribution in [0.4, 0.5) is 0 Å². The van der Waals surface area contributed by atoms with Crippen LogP contribution in [0.25, 0.3) is 5.57 Å². The number of hydrogen-bond donors (Lipinski definition) is 0. The van der Waals surface area contributed by atoms with Crippen molar-refractivity contribution < 1.29 is 14.3 Å². The predicted octanol–water partition coefficient (Wildman–Crippen LogP) is 3.84. The number of carbonyl (C=O) groups excluding carboxylic acids is 1. The van der Waals surface area contributed by atoms with Crippen molar-refractivity contribution in [3.05, 3.63) is 71.8 Å². The Kier molecular flexibility index (Phi) is 5.16. The van der Waals surface area contributed by atoms with Crippen molar-refractivity contribution in [3.63, 3.8) is 0 Å². The lowest BCUT2D eigenvalue weighted by atomic mass is 10.1. The lowest BCUT2D eigenvalue weighted by Crippen LogP contribution is -2.01. The van der Waals surface area contributed by atoms with Gasteiger partial charge >= 0.3 is 5.97 Å². The first-order chi connectivity index (χ1) is 10.2. The van der Waals surface area contributed by atoms with E-state index in [2.05, 4.69) is 0 Å². The van der Waals surface area contributed by atoms with Gasteiger partial charge in [-0.1, -0.05) is 42.5 Å². The summed E-state index contributed by atoms with van der Waals surface area (Å²) < 4.78 is 10.3. The van der Waals surface area contributed by atoms with Gasteiger partial charge in [-0.05, 0) is 35.8 Å². The van der Waals surface area contributed by atoms with Gasteiger partial charge in [-0.3, -0.25) is 0 Å². The highest BCUT2D eigenvalue weighted by molar-refractivity contribution is 5.90. The third-order valence-corrected chi connectivity index (χ3v) is 3.10. The van der Waals surface area contributed by atoms with E-state index in [9.17, 15) is 4.79 Å². The summed E-state index contributed by atoms with van der Waals surface area (Å²) in [5.41, 5.74) is 2.80. The maximum absolute atomic E-state index is 11.8. The monoisotopic (exact) mass is 282 g/mol. The Hall–Kier alpha value is -2.55. The van der Waals surface area contributed by atoms with E-state index in [-0.39, 0.29) is 12.6 Å². The number of carbonyl (C=O) groups is 1. The summed E-state index contributed by atoms with van der Waals surface area (Å²) in [6, 6.07) is 17.2.